The van der Waals surface area contributed by atoms with E-state index >= 15 is 0 Å². The van der Waals surface area contributed by atoms with Crippen LogP contribution in [0.2, 0.25) is 5.02 Å². The molecule has 2 aliphatic rings. The summed E-state index contributed by atoms with van der Waals surface area (Å²) in [6.45, 7) is 3.69. The number of halogens is 2. The molecule has 0 spiro atoms. The highest BCUT2D eigenvalue weighted by molar-refractivity contribution is 7.89. The van der Waals surface area contributed by atoms with E-state index in [2.05, 4.69) is 35.2 Å². The van der Waals surface area contributed by atoms with Crippen molar-refractivity contribution in [3.63, 3.8) is 0 Å². The first-order valence-corrected chi connectivity index (χ1v) is 13.7. The second-order valence-corrected chi connectivity index (χ2v) is 11.3. The van der Waals surface area contributed by atoms with Crippen molar-refractivity contribution in [2.75, 3.05) is 25.4 Å². The van der Waals surface area contributed by atoms with Gasteiger partial charge in [0.15, 0.2) is 0 Å². The van der Waals surface area contributed by atoms with Gasteiger partial charge in [-0.1, -0.05) is 36.7 Å². The van der Waals surface area contributed by atoms with Crippen molar-refractivity contribution in [1.29, 1.82) is 0 Å². The minimum atomic E-state index is -3.20. The van der Waals surface area contributed by atoms with E-state index < -0.39 is 10.0 Å². The monoisotopic (exact) mass is 512 g/mol. The first kappa shape index (κ1) is 26.3. The summed E-state index contributed by atoms with van der Waals surface area (Å²) in [4.78, 5) is 0. The minimum Gasteiger partial charge on any atom is -0.492 e. The predicted octanol–water partition coefficient (Wildman–Crippen LogP) is 4.72. The number of ether oxygens (including phenoxy) is 1. The second-order valence-electron chi connectivity index (χ2n) is 8.97. The number of benzene rings is 2. The maximum Gasteiger partial charge on any atom is 0.211 e. The van der Waals surface area contributed by atoms with E-state index in [1.54, 1.807) is 0 Å². The van der Waals surface area contributed by atoms with Crippen molar-refractivity contribution in [3.8, 4) is 5.75 Å². The highest BCUT2D eigenvalue weighted by Crippen LogP contribution is 2.37. The van der Waals surface area contributed by atoms with E-state index in [4.69, 9.17) is 16.3 Å². The minimum absolute atomic E-state index is 0. The Morgan fingerprint density at radius 3 is 2.67 bits per heavy atom. The SMILES string of the molecule is CCNC1CCc2ccc(OCCNS(=O)(=O)CC3CC3)cc2C1Cc1cccc(Cl)c1.Cl. The Kier molecular flexibility index (Phi) is 9.48. The average molecular weight is 514 g/mol. The number of likely N-dealkylation sites (N-methyl/N-ethyl adjacent to an activating group) is 1. The van der Waals surface area contributed by atoms with Gasteiger partial charge in [-0.3, -0.25) is 0 Å². The Morgan fingerprint density at radius 1 is 1.12 bits per heavy atom. The molecule has 0 saturated heterocycles. The summed E-state index contributed by atoms with van der Waals surface area (Å²) in [5, 5.41) is 4.43. The standard InChI is InChI=1S/C25H33ClN2O3S.ClH/c1-2-27-25-11-9-20-8-10-22(31-13-12-28-32(29,30)17-18-6-7-18)16-23(20)24(25)15-19-4-3-5-21(26)14-19;/h3-5,8,10,14,16,18,24-25,27-28H,2,6-7,9,11-13,15,17H2,1H3;1H. The van der Waals surface area contributed by atoms with Crippen molar-refractivity contribution in [3.05, 3.63) is 64.2 Å². The Labute approximate surface area is 209 Å². The summed E-state index contributed by atoms with van der Waals surface area (Å²) >= 11 is 6.24. The van der Waals surface area contributed by atoms with Crippen molar-refractivity contribution in [2.45, 2.75) is 51.0 Å². The quantitative estimate of drug-likeness (QED) is 0.427. The first-order chi connectivity index (χ1) is 15.4. The summed E-state index contributed by atoms with van der Waals surface area (Å²) in [6, 6.07) is 14.8. The molecule has 33 heavy (non-hydrogen) atoms. The van der Waals surface area contributed by atoms with Crippen LogP contribution in [-0.2, 0) is 22.9 Å². The van der Waals surface area contributed by atoms with Crippen LogP contribution in [0.4, 0.5) is 0 Å². The Bertz CT molecular complexity index is 1030. The van der Waals surface area contributed by atoms with Crippen LogP contribution in [0.1, 0.15) is 48.8 Å². The summed E-state index contributed by atoms with van der Waals surface area (Å²) in [5.41, 5.74) is 3.91. The van der Waals surface area contributed by atoms with E-state index in [9.17, 15) is 8.42 Å². The summed E-state index contributed by atoms with van der Waals surface area (Å²) in [6.07, 6.45) is 5.11. The topological polar surface area (TPSA) is 67.4 Å². The van der Waals surface area contributed by atoms with Crippen LogP contribution < -0.4 is 14.8 Å². The van der Waals surface area contributed by atoms with Gasteiger partial charge in [-0.15, -0.1) is 12.4 Å². The third-order valence-corrected chi connectivity index (χ3v) is 8.17. The van der Waals surface area contributed by atoms with Crippen LogP contribution >= 0.6 is 24.0 Å². The van der Waals surface area contributed by atoms with Gasteiger partial charge in [-0.25, -0.2) is 13.1 Å². The molecule has 5 nitrogen and oxygen atoms in total. The summed E-state index contributed by atoms with van der Waals surface area (Å²) in [5.74, 6) is 1.70. The van der Waals surface area contributed by atoms with Crippen LogP contribution in [0.25, 0.3) is 0 Å². The lowest BCUT2D eigenvalue weighted by Crippen LogP contribution is -2.39. The summed E-state index contributed by atoms with van der Waals surface area (Å²) < 4.78 is 32.7. The average Bonchev–Trinajstić information content (AvgIpc) is 3.56. The fourth-order valence-corrected chi connectivity index (χ4v) is 6.34. The molecule has 0 aromatic heterocycles. The van der Waals surface area contributed by atoms with Gasteiger partial charge in [0.1, 0.15) is 12.4 Å². The molecule has 2 aromatic rings. The predicted molar refractivity (Wildman–Crippen MR) is 137 cm³/mol. The molecular formula is C25H34Cl2N2O3S. The van der Waals surface area contributed by atoms with E-state index in [1.165, 1.54) is 16.7 Å². The van der Waals surface area contributed by atoms with Gasteiger partial charge >= 0.3 is 0 Å². The number of nitrogens with one attached hydrogen (secondary N) is 2. The smallest absolute Gasteiger partial charge is 0.211 e. The number of aryl methyl sites for hydroxylation is 1. The molecule has 0 bridgehead atoms. The third kappa shape index (κ3) is 7.59. The van der Waals surface area contributed by atoms with Crippen molar-refractivity contribution in [2.24, 2.45) is 5.92 Å². The van der Waals surface area contributed by atoms with Crippen molar-refractivity contribution in [1.82, 2.24) is 10.0 Å². The zero-order valence-electron chi connectivity index (χ0n) is 19.1. The molecule has 0 amide bonds. The maximum atomic E-state index is 12.0. The fraction of sp³-hybridized carbons (Fsp3) is 0.520. The zero-order chi connectivity index (χ0) is 22.6. The van der Waals surface area contributed by atoms with Gasteiger partial charge < -0.3 is 10.1 Å². The largest absolute Gasteiger partial charge is 0.492 e. The van der Waals surface area contributed by atoms with Gasteiger partial charge in [0.05, 0.1) is 5.75 Å². The fourth-order valence-electron chi connectivity index (χ4n) is 4.66. The second kappa shape index (κ2) is 11.9. The van der Waals surface area contributed by atoms with Gasteiger partial charge in [-0.05, 0) is 85.5 Å². The van der Waals surface area contributed by atoms with Crippen molar-refractivity contribution < 1.29 is 13.2 Å². The molecule has 1 fully saturated rings. The molecule has 1 saturated carbocycles. The normalized spacial score (nSPS) is 20.1. The van der Waals surface area contributed by atoms with E-state index in [0.717, 1.165) is 49.4 Å². The van der Waals surface area contributed by atoms with Gasteiger partial charge in [0, 0.05) is 23.5 Å². The van der Waals surface area contributed by atoms with E-state index in [-0.39, 0.29) is 24.7 Å². The molecule has 2 unspecified atom stereocenters. The Hall–Kier alpha value is -1.31. The van der Waals surface area contributed by atoms with Crippen LogP contribution in [0.15, 0.2) is 42.5 Å². The lowest BCUT2D eigenvalue weighted by Gasteiger charge is -2.35. The van der Waals surface area contributed by atoms with Crippen LogP contribution in [0, 0.1) is 5.92 Å². The Balaban J connectivity index is 0.00000306. The lowest BCUT2D eigenvalue weighted by molar-refractivity contribution is 0.320. The molecule has 0 radical (unpaired) electrons. The number of hydrogen-bond acceptors (Lipinski definition) is 4. The van der Waals surface area contributed by atoms with E-state index in [0.29, 0.717) is 24.5 Å². The number of hydrogen-bond donors (Lipinski definition) is 2. The first-order valence-electron chi connectivity index (χ1n) is 11.6. The number of rotatable bonds is 11. The van der Waals surface area contributed by atoms with Crippen LogP contribution in [0.3, 0.4) is 0 Å². The molecule has 2 N–H and O–H groups in total. The molecule has 2 atom stereocenters. The molecular weight excluding hydrogens is 479 g/mol. The highest BCUT2D eigenvalue weighted by atomic mass is 35.5. The number of sulfonamides is 1. The maximum absolute atomic E-state index is 12.0. The van der Waals surface area contributed by atoms with Gasteiger partial charge in [-0.2, -0.15) is 0 Å². The molecule has 0 heterocycles. The molecule has 8 heteroatoms. The lowest BCUT2D eigenvalue weighted by atomic mass is 9.76. The number of fused-ring (bicyclic) bond motifs is 1. The molecule has 2 aromatic carbocycles. The summed E-state index contributed by atoms with van der Waals surface area (Å²) in [7, 11) is -3.20. The molecule has 182 valence electrons. The Morgan fingerprint density at radius 2 is 1.94 bits per heavy atom. The van der Waals surface area contributed by atoms with Crippen molar-refractivity contribution >= 4 is 34.0 Å². The highest BCUT2D eigenvalue weighted by Gasteiger charge is 2.30. The zero-order valence-corrected chi connectivity index (χ0v) is 21.4. The molecule has 4 rings (SSSR count). The molecule has 2 aliphatic carbocycles. The van der Waals surface area contributed by atoms with Gasteiger partial charge in [0.2, 0.25) is 10.0 Å². The molecule has 0 aliphatic heterocycles. The van der Waals surface area contributed by atoms with Crippen LogP contribution in [0.5, 0.6) is 5.75 Å². The van der Waals surface area contributed by atoms with E-state index in [1.807, 2.05) is 24.3 Å². The van der Waals surface area contributed by atoms with Crippen LogP contribution in [-0.4, -0.2) is 39.9 Å². The van der Waals surface area contributed by atoms with Gasteiger partial charge in [0.25, 0.3) is 0 Å². The third-order valence-electron chi connectivity index (χ3n) is 6.38.